The fraction of sp³-hybridized carbons (Fsp3) is 0.385. The van der Waals surface area contributed by atoms with Crippen LogP contribution in [0.4, 0.5) is 9.59 Å². The summed E-state index contributed by atoms with van der Waals surface area (Å²) in [5.74, 6) is -0.658. The Labute approximate surface area is 126 Å². The highest BCUT2D eigenvalue weighted by atomic mass is 16.6. The molecule has 22 heavy (non-hydrogen) atoms. The number of ether oxygens (including phenoxy) is 3. The zero-order valence-corrected chi connectivity index (χ0v) is 12.1. The first-order chi connectivity index (χ1) is 10.6. The Morgan fingerprint density at radius 1 is 1.36 bits per heavy atom. The van der Waals surface area contributed by atoms with Crippen LogP contribution >= 0.6 is 0 Å². The van der Waals surface area contributed by atoms with Gasteiger partial charge in [0.05, 0.1) is 13.7 Å². The van der Waals surface area contributed by atoms with Crippen molar-refractivity contribution in [3.63, 3.8) is 0 Å². The van der Waals surface area contributed by atoms with Gasteiger partial charge in [-0.25, -0.2) is 14.9 Å². The molecule has 0 bridgehead atoms. The molecule has 1 heterocycles. The Hall–Kier alpha value is -2.84. The van der Waals surface area contributed by atoms with Crippen LogP contribution in [0.5, 0.6) is 0 Å². The lowest BCUT2D eigenvalue weighted by Crippen LogP contribution is -2.35. The third-order valence-corrected chi connectivity index (χ3v) is 2.25. The quantitative estimate of drug-likeness (QED) is 0.467. The van der Waals surface area contributed by atoms with Crippen LogP contribution in [0.2, 0.25) is 0 Å². The van der Waals surface area contributed by atoms with E-state index in [4.69, 9.17) is 4.74 Å². The molecule has 1 rings (SSSR count). The molecule has 1 atom stereocenters. The first-order valence-electron chi connectivity index (χ1n) is 6.36. The van der Waals surface area contributed by atoms with Crippen molar-refractivity contribution in [2.45, 2.75) is 13.2 Å². The molecule has 9 heteroatoms. The summed E-state index contributed by atoms with van der Waals surface area (Å²) in [7, 11) is 1.16. The zero-order valence-electron chi connectivity index (χ0n) is 12.1. The molecule has 0 aliphatic carbocycles. The summed E-state index contributed by atoms with van der Waals surface area (Å²) >= 11 is 0. The number of rotatable bonds is 6. The minimum absolute atomic E-state index is 0.184. The van der Waals surface area contributed by atoms with E-state index in [9.17, 15) is 14.4 Å². The highest BCUT2D eigenvalue weighted by Gasteiger charge is 2.21. The predicted octanol–water partition coefficient (Wildman–Crippen LogP) is 0.740. The maximum absolute atomic E-state index is 11.6. The lowest BCUT2D eigenvalue weighted by atomic mass is 10.3. The minimum atomic E-state index is -1.19. The summed E-state index contributed by atoms with van der Waals surface area (Å²) < 4.78 is 14.0. The molecule has 0 saturated carbocycles. The molecule has 2 amide bonds. The lowest BCUT2D eigenvalue weighted by molar-refractivity contribution is -0.142. The van der Waals surface area contributed by atoms with Crippen LogP contribution in [-0.4, -0.2) is 43.4 Å². The van der Waals surface area contributed by atoms with Crippen LogP contribution in [0.15, 0.2) is 24.4 Å². The van der Waals surface area contributed by atoms with Gasteiger partial charge in [0.25, 0.3) is 0 Å². The van der Waals surface area contributed by atoms with E-state index in [1.54, 1.807) is 25.1 Å². The fourth-order valence-corrected chi connectivity index (χ4v) is 1.33. The standard InChI is InChI=1S/C13H16N3O6/c1-3-21-10(17)8-15-12(18)22-11(16-13(19)20-2)9-6-4-5-7-14-9/h4-7,11H,3,8H2,1-2H3,(H,16,19). The van der Waals surface area contributed by atoms with E-state index in [1.165, 1.54) is 6.20 Å². The molecule has 1 aromatic rings. The van der Waals surface area contributed by atoms with Gasteiger partial charge in [0.15, 0.2) is 0 Å². The lowest BCUT2D eigenvalue weighted by Gasteiger charge is -2.17. The molecule has 1 N–H and O–H groups in total. The molecule has 119 valence electrons. The van der Waals surface area contributed by atoms with Gasteiger partial charge in [0.2, 0.25) is 6.23 Å². The molecule has 1 aromatic heterocycles. The molecule has 1 radical (unpaired) electrons. The SMILES string of the molecule is CCOC(=O)C[N]C(=O)OC(NC(=O)OC)c1ccccn1. The van der Waals surface area contributed by atoms with Gasteiger partial charge in [-0.2, -0.15) is 0 Å². The van der Waals surface area contributed by atoms with Crippen LogP contribution in [0, 0.1) is 0 Å². The summed E-state index contributed by atoms with van der Waals surface area (Å²) in [5.41, 5.74) is 0.271. The average molecular weight is 310 g/mol. The normalized spacial score (nSPS) is 11.0. The van der Waals surface area contributed by atoms with E-state index in [-0.39, 0.29) is 12.3 Å². The van der Waals surface area contributed by atoms with Crippen molar-refractivity contribution in [2.75, 3.05) is 20.3 Å². The number of nitrogens with zero attached hydrogens (tertiary/aromatic N) is 2. The van der Waals surface area contributed by atoms with Crippen LogP contribution < -0.4 is 10.6 Å². The smallest absolute Gasteiger partial charge is 0.431 e. The van der Waals surface area contributed by atoms with E-state index < -0.39 is 30.9 Å². The van der Waals surface area contributed by atoms with Crippen LogP contribution in [0.25, 0.3) is 0 Å². The molecule has 0 aliphatic rings. The Morgan fingerprint density at radius 3 is 2.73 bits per heavy atom. The Kier molecular flexibility index (Phi) is 7.17. The Morgan fingerprint density at radius 2 is 2.14 bits per heavy atom. The summed E-state index contributed by atoms with van der Waals surface area (Å²) in [6, 6.07) is 4.85. The molecule has 0 spiro atoms. The van der Waals surface area contributed by atoms with Crippen molar-refractivity contribution >= 4 is 18.2 Å². The average Bonchev–Trinajstić information content (AvgIpc) is 2.53. The van der Waals surface area contributed by atoms with E-state index in [0.29, 0.717) is 0 Å². The molecule has 1 unspecified atom stereocenters. The van der Waals surface area contributed by atoms with E-state index in [1.807, 2.05) is 0 Å². The van der Waals surface area contributed by atoms with Gasteiger partial charge in [0.1, 0.15) is 12.2 Å². The summed E-state index contributed by atoms with van der Waals surface area (Å²) in [6.07, 6.45) is -1.58. The topological polar surface area (TPSA) is 118 Å². The second-order valence-corrected chi connectivity index (χ2v) is 3.78. The summed E-state index contributed by atoms with van der Waals surface area (Å²) in [6.45, 7) is 1.34. The van der Waals surface area contributed by atoms with Crippen molar-refractivity contribution in [3.8, 4) is 0 Å². The van der Waals surface area contributed by atoms with Gasteiger partial charge in [-0.15, -0.1) is 0 Å². The molecule has 0 saturated heterocycles. The van der Waals surface area contributed by atoms with E-state index >= 15 is 0 Å². The molecule has 0 aliphatic heterocycles. The van der Waals surface area contributed by atoms with Crippen LogP contribution in [0.1, 0.15) is 18.8 Å². The molecule has 0 aromatic carbocycles. The van der Waals surface area contributed by atoms with Gasteiger partial charge in [-0.3, -0.25) is 15.1 Å². The zero-order chi connectivity index (χ0) is 16.4. The number of aromatic nitrogens is 1. The number of carbonyl (C=O) groups is 3. The second-order valence-electron chi connectivity index (χ2n) is 3.78. The second kappa shape index (κ2) is 9.16. The van der Waals surface area contributed by atoms with Gasteiger partial charge in [-0.05, 0) is 19.1 Å². The van der Waals surface area contributed by atoms with Gasteiger partial charge >= 0.3 is 18.2 Å². The number of hydrogen-bond donors (Lipinski definition) is 1. The predicted molar refractivity (Wildman–Crippen MR) is 72.6 cm³/mol. The summed E-state index contributed by atoms with van der Waals surface area (Å²) in [4.78, 5) is 37.9. The number of alkyl carbamates (subject to hydrolysis) is 1. The number of esters is 1. The minimum Gasteiger partial charge on any atom is -0.465 e. The fourth-order valence-electron chi connectivity index (χ4n) is 1.33. The van der Waals surface area contributed by atoms with E-state index in [2.05, 4.69) is 25.1 Å². The Balaban J connectivity index is 2.62. The monoisotopic (exact) mass is 310 g/mol. The van der Waals surface area contributed by atoms with Crippen molar-refractivity contribution in [3.05, 3.63) is 30.1 Å². The molecular weight excluding hydrogens is 294 g/mol. The highest BCUT2D eigenvalue weighted by molar-refractivity contribution is 5.77. The number of carbonyl (C=O) groups excluding carboxylic acids is 3. The van der Waals surface area contributed by atoms with Crippen LogP contribution in [0.3, 0.4) is 0 Å². The number of hydrogen-bond acceptors (Lipinski definition) is 7. The molecule has 0 fully saturated rings. The van der Waals surface area contributed by atoms with Crippen molar-refractivity contribution < 1.29 is 28.6 Å². The van der Waals surface area contributed by atoms with Crippen molar-refractivity contribution in [2.24, 2.45) is 0 Å². The molecule has 9 nitrogen and oxygen atoms in total. The van der Waals surface area contributed by atoms with Crippen LogP contribution in [-0.2, 0) is 19.0 Å². The van der Waals surface area contributed by atoms with E-state index in [0.717, 1.165) is 7.11 Å². The largest absolute Gasteiger partial charge is 0.465 e. The summed E-state index contributed by atoms with van der Waals surface area (Å²) in [5, 5.41) is 5.67. The van der Waals surface area contributed by atoms with Crippen molar-refractivity contribution in [1.82, 2.24) is 15.6 Å². The maximum atomic E-state index is 11.6. The maximum Gasteiger partial charge on any atom is 0.431 e. The molecular formula is C13H16N3O6. The first kappa shape index (κ1) is 17.2. The van der Waals surface area contributed by atoms with Gasteiger partial charge in [-0.1, -0.05) is 6.07 Å². The highest BCUT2D eigenvalue weighted by Crippen LogP contribution is 2.11. The number of amides is 2. The van der Waals surface area contributed by atoms with Gasteiger partial charge in [0, 0.05) is 6.20 Å². The Bertz CT molecular complexity index is 508. The number of pyridine rings is 1. The third kappa shape index (κ3) is 6.07. The third-order valence-electron chi connectivity index (χ3n) is 2.25. The van der Waals surface area contributed by atoms with Gasteiger partial charge < -0.3 is 14.2 Å². The first-order valence-corrected chi connectivity index (χ1v) is 6.36. The van der Waals surface area contributed by atoms with Crippen molar-refractivity contribution in [1.29, 1.82) is 0 Å². The number of nitrogens with one attached hydrogen (secondary N) is 1. The number of methoxy groups -OCH3 is 1.